The third kappa shape index (κ3) is 4.20. The van der Waals surface area contributed by atoms with Gasteiger partial charge >= 0.3 is 5.97 Å². The quantitative estimate of drug-likeness (QED) is 0.687. The zero-order valence-corrected chi connectivity index (χ0v) is 16.5. The van der Waals surface area contributed by atoms with Gasteiger partial charge in [0.2, 0.25) is 0 Å². The average Bonchev–Trinajstić information content (AvgIpc) is 2.90. The zero-order chi connectivity index (χ0) is 19.6. The van der Waals surface area contributed by atoms with E-state index in [1.54, 1.807) is 37.3 Å². The lowest BCUT2D eigenvalue weighted by Gasteiger charge is -2.11. The van der Waals surface area contributed by atoms with E-state index in [-0.39, 0.29) is 16.7 Å². The minimum Gasteiger partial charge on any atom is -0.479 e. The van der Waals surface area contributed by atoms with Gasteiger partial charge in [-0.2, -0.15) is 10.1 Å². The van der Waals surface area contributed by atoms with Gasteiger partial charge in [-0.25, -0.2) is 4.79 Å². The van der Waals surface area contributed by atoms with Gasteiger partial charge < -0.3 is 9.84 Å². The van der Waals surface area contributed by atoms with Crippen molar-refractivity contribution in [1.82, 2.24) is 0 Å². The third-order valence-corrected chi connectivity index (χ3v) is 4.60. The highest BCUT2D eigenvalue weighted by molar-refractivity contribution is 9.10. The van der Waals surface area contributed by atoms with Crippen LogP contribution in [0.25, 0.3) is 6.08 Å². The van der Waals surface area contributed by atoms with E-state index < -0.39 is 12.6 Å². The molecule has 8 heteroatoms. The molecule has 27 heavy (non-hydrogen) atoms. The van der Waals surface area contributed by atoms with Crippen molar-refractivity contribution in [3.8, 4) is 5.75 Å². The second-order valence-electron chi connectivity index (χ2n) is 5.69. The summed E-state index contributed by atoms with van der Waals surface area (Å²) in [6.07, 6.45) is 1.68. The Bertz CT molecular complexity index is 950. The Kier molecular flexibility index (Phi) is 5.62. The fourth-order valence-corrected chi connectivity index (χ4v) is 3.52. The molecular weight excluding hydrogens is 436 g/mol. The first-order valence-corrected chi connectivity index (χ1v) is 9.04. The standard InChI is InChI=1S/C19H14BrClN2O4/c1-11-14(19(26)23(22-11)13-5-3-2-4-6-13)7-12-8-15(20)18(16(21)9-12)27-10-17(24)25/h2-9H,10H2,1H3,(H,24,25)/b14-7+. The molecule has 0 fully saturated rings. The van der Waals surface area contributed by atoms with Crippen molar-refractivity contribution in [2.45, 2.75) is 6.92 Å². The fourth-order valence-electron chi connectivity index (χ4n) is 2.53. The maximum atomic E-state index is 12.7. The molecule has 0 spiro atoms. The third-order valence-electron chi connectivity index (χ3n) is 3.73. The molecule has 138 valence electrons. The Balaban J connectivity index is 1.90. The van der Waals surface area contributed by atoms with Gasteiger partial charge in [0.15, 0.2) is 12.4 Å². The van der Waals surface area contributed by atoms with Gasteiger partial charge in [-0.3, -0.25) is 4.79 Å². The summed E-state index contributed by atoms with van der Waals surface area (Å²) in [5.74, 6) is -1.11. The van der Waals surface area contributed by atoms with E-state index in [0.29, 0.717) is 27.0 Å². The first kappa shape index (κ1) is 19.1. The number of para-hydroxylation sites is 1. The number of amides is 1. The molecule has 1 amide bonds. The number of carboxylic acid groups (broad SMARTS) is 1. The minimum absolute atomic E-state index is 0.232. The van der Waals surface area contributed by atoms with Gasteiger partial charge in [-0.05, 0) is 58.8 Å². The molecule has 0 atom stereocenters. The number of nitrogens with zero attached hydrogens (tertiary/aromatic N) is 2. The number of ether oxygens (including phenoxy) is 1. The van der Waals surface area contributed by atoms with Crippen LogP contribution in [-0.4, -0.2) is 29.3 Å². The lowest BCUT2D eigenvalue weighted by molar-refractivity contribution is -0.139. The highest BCUT2D eigenvalue weighted by atomic mass is 79.9. The van der Waals surface area contributed by atoms with Crippen LogP contribution in [0.15, 0.2) is 57.6 Å². The highest BCUT2D eigenvalue weighted by Gasteiger charge is 2.28. The van der Waals surface area contributed by atoms with Crippen LogP contribution in [0.4, 0.5) is 5.69 Å². The normalized spacial score (nSPS) is 15.2. The van der Waals surface area contributed by atoms with E-state index in [9.17, 15) is 9.59 Å². The van der Waals surface area contributed by atoms with Crippen LogP contribution >= 0.6 is 27.5 Å². The van der Waals surface area contributed by atoms with Crippen molar-refractivity contribution in [2.24, 2.45) is 5.10 Å². The zero-order valence-electron chi connectivity index (χ0n) is 14.1. The van der Waals surface area contributed by atoms with Gasteiger partial charge in [0.1, 0.15) is 0 Å². The number of hydrazone groups is 1. The van der Waals surface area contributed by atoms with Crippen molar-refractivity contribution in [3.63, 3.8) is 0 Å². The molecule has 0 radical (unpaired) electrons. The summed E-state index contributed by atoms with van der Waals surface area (Å²) in [5.41, 5.74) is 2.37. The first-order valence-electron chi connectivity index (χ1n) is 7.87. The smallest absolute Gasteiger partial charge is 0.341 e. The molecule has 6 nitrogen and oxygen atoms in total. The maximum absolute atomic E-state index is 12.7. The van der Waals surface area contributed by atoms with Gasteiger partial charge in [-0.15, -0.1) is 0 Å². The van der Waals surface area contributed by atoms with E-state index in [4.69, 9.17) is 21.4 Å². The number of anilines is 1. The predicted molar refractivity (Wildman–Crippen MR) is 107 cm³/mol. The summed E-state index contributed by atoms with van der Waals surface area (Å²) in [5, 5.41) is 14.6. The van der Waals surface area contributed by atoms with Crippen LogP contribution in [0.3, 0.4) is 0 Å². The van der Waals surface area contributed by atoms with Gasteiger partial charge in [0, 0.05) is 0 Å². The monoisotopic (exact) mass is 448 g/mol. The molecule has 0 aromatic heterocycles. The van der Waals surface area contributed by atoms with Crippen molar-refractivity contribution >= 4 is 56.9 Å². The lowest BCUT2D eigenvalue weighted by atomic mass is 10.1. The summed E-state index contributed by atoms with van der Waals surface area (Å²) < 4.78 is 5.66. The maximum Gasteiger partial charge on any atom is 0.341 e. The number of aliphatic carboxylic acids is 1. The van der Waals surface area contributed by atoms with Crippen LogP contribution in [0.2, 0.25) is 5.02 Å². The lowest BCUT2D eigenvalue weighted by Crippen LogP contribution is -2.21. The van der Waals surface area contributed by atoms with Crippen LogP contribution < -0.4 is 9.75 Å². The molecule has 0 bridgehead atoms. The molecule has 3 rings (SSSR count). The topological polar surface area (TPSA) is 79.2 Å². The summed E-state index contributed by atoms with van der Waals surface area (Å²) in [6.45, 7) is 1.25. The van der Waals surface area contributed by atoms with E-state index in [1.807, 2.05) is 18.2 Å². The summed E-state index contributed by atoms with van der Waals surface area (Å²) >= 11 is 9.52. The average molecular weight is 450 g/mol. The molecule has 1 heterocycles. The summed E-state index contributed by atoms with van der Waals surface area (Å²) in [6, 6.07) is 12.4. The fraction of sp³-hybridized carbons (Fsp3) is 0.105. The summed E-state index contributed by atoms with van der Waals surface area (Å²) in [4.78, 5) is 23.4. The Labute approximate surface area is 168 Å². The number of hydrogen-bond acceptors (Lipinski definition) is 4. The molecule has 1 N–H and O–H groups in total. The van der Waals surface area contributed by atoms with Crippen LogP contribution in [0.1, 0.15) is 12.5 Å². The van der Waals surface area contributed by atoms with E-state index >= 15 is 0 Å². The highest BCUT2D eigenvalue weighted by Crippen LogP contribution is 2.35. The Morgan fingerprint density at radius 1 is 1.33 bits per heavy atom. The Hall–Kier alpha value is -2.64. The van der Waals surface area contributed by atoms with E-state index in [2.05, 4.69) is 21.0 Å². The molecule has 0 aliphatic carbocycles. The van der Waals surface area contributed by atoms with Crippen LogP contribution in [-0.2, 0) is 9.59 Å². The molecule has 1 aliphatic heterocycles. The van der Waals surface area contributed by atoms with Crippen molar-refractivity contribution in [3.05, 3.63) is 63.1 Å². The number of carboxylic acids is 1. The van der Waals surface area contributed by atoms with Crippen molar-refractivity contribution in [2.75, 3.05) is 11.6 Å². The number of rotatable bonds is 5. The molecular formula is C19H14BrClN2O4. The number of carbonyl (C=O) groups is 2. The van der Waals surface area contributed by atoms with E-state index in [1.165, 1.54) is 5.01 Å². The molecule has 2 aromatic rings. The van der Waals surface area contributed by atoms with Gasteiger partial charge in [0.05, 0.1) is 26.5 Å². The number of hydrogen-bond donors (Lipinski definition) is 1. The second-order valence-corrected chi connectivity index (χ2v) is 6.95. The molecule has 2 aromatic carbocycles. The van der Waals surface area contributed by atoms with Crippen LogP contribution in [0.5, 0.6) is 5.75 Å². The molecule has 0 unspecified atom stereocenters. The second kappa shape index (κ2) is 7.94. The van der Waals surface area contributed by atoms with Crippen molar-refractivity contribution < 1.29 is 19.4 Å². The summed E-state index contributed by atoms with van der Waals surface area (Å²) in [7, 11) is 0. The van der Waals surface area contributed by atoms with E-state index in [0.717, 1.165) is 0 Å². The number of halogens is 2. The number of carbonyl (C=O) groups excluding carboxylic acids is 1. The van der Waals surface area contributed by atoms with Gasteiger partial charge in [-0.1, -0.05) is 29.8 Å². The molecule has 0 saturated carbocycles. The largest absolute Gasteiger partial charge is 0.479 e. The number of benzene rings is 2. The van der Waals surface area contributed by atoms with Crippen molar-refractivity contribution in [1.29, 1.82) is 0 Å². The molecule has 0 saturated heterocycles. The van der Waals surface area contributed by atoms with Gasteiger partial charge in [0.25, 0.3) is 5.91 Å². The Morgan fingerprint density at radius 2 is 2.04 bits per heavy atom. The SMILES string of the molecule is CC1=NN(c2ccccc2)C(=O)/C1=C/c1cc(Cl)c(OCC(=O)O)c(Br)c1. The predicted octanol–water partition coefficient (Wildman–Crippen LogP) is 4.37. The molecule has 1 aliphatic rings. The Morgan fingerprint density at radius 3 is 2.67 bits per heavy atom. The van der Waals surface area contributed by atoms with Crippen LogP contribution in [0, 0.1) is 0 Å². The first-order chi connectivity index (χ1) is 12.9. The minimum atomic E-state index is -1.10.